The summed E-state index contributed by atoms with van der Waals surface area (Å²) in [5.74, 6) is -0.362. The fraction of sp³-hybridized carbons (Fsp3) is 0.273. The molecule has 0 aromatic heterocycles. The molecule has 7 heteroatoms. The maximum atomic E-state index is 11.7. The molecule has 1 rings (SSSR count). The van der Waals surface area contributed by atoms with E-state index in [0.29, 0.717) is 5.69 Å². The van der Waals surface area contributed by atoms with Crippen LogP contribution in [-0.2, 0) is 4.79 Å². The molecule has 0 heterocycles. The van der Waals surface area contributed by atoms with E-state index in [1.54, 1.807) is 13.0 Å². The summed E-state index contributed by atoms with van der Waals surface area (Å²) in [4.78, 5) is 23.5. The Kier molecular flexibility index (Phi) is 5.49. The molecule has 1 atom stereocenters. The molecule has 98 valence electrons. The van der Waals surface area contributed by atoms with Crippen LogP contribution in [-0.4, -0.2) is 24.2 Å². The summed E-state index contributed by atoms with van der Waals surface area (Å²) in [6.07, 6.45) is 0. The zero-order valence-electron chi connectivity index (χ0n) is 9.99. The van der Waals surface area contributed by atoms with Gasteiger partial charge in [-0.1, -0.05) is 15.9 Å². The topological polar surface area (TPSA) is 84.2 Å². The number of carbonyl (C=O) groups is 2. The average Bonchev–Trinajstić information content (AvgIpc) is 2.33. The first kappa shape index (κ1) is 14.8. The normalized spacial score (nSPS) is 11.7. The molecule has 0 spiro atoms. The summed E-state index contributed by atoms with van der Waals surface area (Å²) in [6, 6.07) is 4.91. The number of hydrogen-bond acceptors (Lipinski definition) is 4. The Morgan fingerprint density at radius 1 is 1.44 bits per heavy atom. The van der Waals surface area contributed by atoms with Gasteiger partial charge in [-0.3, -0.25) is 10.1 Å². The van der Waals surface area contributed by atoms with E-state index in [1.165, 1.54) is 18.8 Å². The van der Waals surface area contributed by atoms with Crippen LogP contribution in [0.4, 0.5) is 10.5 Å². The Balaban J connectivity index is 2.69. The second-order valence-corrected chi connectivity index (χ2v) is 5.81. The molecule has 0 aliphatic rings. The molecular formula is C11H14BrN3O2S. The highest BCUT2D eigenvalue weighted by molar-refractivity contribution is 9.10. The van der Waals surface area contributed by atoms with Crippen LogP contribution in [0.15, 0.2) is 27.6 Å². The smallest absolute Gasteiger partial charge is 0.321 e. The summed E-state index contributed by atoms with van der Waals surface area (Å²) >= 11 is 4.64. The van der Waals surface area contributed by atoms with Crippen LogP contribution in [0.5, 0.6) is 0 Å². The number of anilines is 1. The van der Waals surface area contributed by atoms with Gasteiger partial charge in [-0.15, -0.1) is 11.8 Å². The monoisotopic (exact) mass is 331 g/mol. The minimum atomic E-state index is -0.519. The molecule has 18 heavy (non-hydrogen) atoms. The van der Waals surface area contributed by atoms with Gasteiger partial charge in [0.15, 0.2) is 0 Å². The minimum absolute atomic E-state index is 0.362. The number of thioether (sulfide) groups is 1. The molecule has 0 aliphatic carbocycles. The van der Waals surface area contributed by atoms with E-state index in [0.717, 1.165) is 9.37 Å². The maximum Gasteiger partial charge on any atom is 0.321 e. The fourth-order valence-electron chi connectivity index (χ4n) is 1.13. The standard InChI is InChI=1S/C11H14BrN3O2S/c1-6(10(16)15-11(17)14-2)18-9-5-7(12)3-4-8(9)13/h3-6H,13H2,1-2H3,(H2,14,15,16,17). The molecule has 0 aliphatic heterocycles. The van der Waals surface area contributed by atoms with Gasteiger partial charge in [0.2, 0.25) is 5.91 Å². The van der Waals surface area contributed by atoms with Crippen LogP contribution >= 0.6 is 27.7 Å². The molecule has 0 radical (unpaired) electrons. The average molecular weight is 332 g/mol. The number of nitrogens with two attached hydrogens (primary N) is 1. The van der Waals surface area contributed by atoms with E-state index in [9.17, 15) is 9.59 Å². The van der Waals surface area contributed by atoms with Crippen molar-refractivity contribution in [1.82, 2.24) is 10.6 Å². The van der Waals surface area contributed by atoms with Crippen LogP contribution in [0.1, 0.15) is 6.92 Å². The molecule has 5 nitrogen and oxygen atoms in total. The molecule has 4 N–H and O–H groups in total. The van der Waals surface area contributed by atoms with Crippen molar-refractivity contribution in [3.8, 4) is 0 Å². The van der Waals surface area contributed by atoms with Gasteiger partial charge in [0.25, 0.3) is 0 Å². The lowest BCUT2D eigenvalue weighted by molar-refractivity contribution is -0.119. The van der Waals surface area contributed by atoms with Gasteiger partial charge in [0.1, 0.15) is 0 Å². The highest BCUT2D eigenvalue weighted by Gasteiger charge is 2.17. The third-order valence-electron chi connectivity index (χ3n) is 2.11. The second kappa shape index (κ2) is 6.65. The van der Waals surface area contributed by atoms with Gasteiger partial charge in [-0.05, 0) is 25.1 Å². The van der Waals surface area contributed by atoms with E-state index in [2.05, 4.69) is 26.6 Å². The number of nitrogens with one attached hydrogen (secondary N) is 2. The lowest BCUT2D eigenvalue weighted by Crippen LogP contribution is -2.41. The minimum Gasteiger partial charge on any atom is -0.398 e. The van der Waals surface area contributed by atoms with Crippen molar-refractivity contribution in [1.29, 1.82) is 0 Å². The molecule has 0 saturated carbocycles. The Hall–Kier alpha value is -1.21. The van der Waals surface area contributed by atoms with Crippen molar-refractivity contribution in [2.45, 2.75) is 17.1 Å². The Morgan fingerprint density at radius 2 is 2.11 bits per heavy atom. The van der Waals surface area contributed by atoms with Gasteiger partial charge >= 0.3 is 6.03 Å². The van der Waals surface area contributed by atoms with Gasteiger partial charge in [-0.25, -0.2) is 4.79 Å². The van der Waals surface area contributed by atoms with Crippen molar-refractivity contribution in [2.24, 2.45) is 0 Å². The molecular weight excluding hydrogens is 318 g/mol. The highest BCUT2D eigenvalue weighted by Crippen LogP contribution is 2.31. The number of carbonyl (C=O) groups excluding carboxylic acids is 2. The predicted octanol–water partition coefficient (Wildman–Crippen LogP) is 1.97. The van der Waals surface area contributed by atoms with Crippen molar-refractivity contribution >= 4 is 45.3 Å². The first-order valence-corrected chi connectivity index (χ1v) is 6.85. The lowest BCUT2D eigenvalue weighted by Gasteiger charge is -2.12. The van der Waals surface area contributed by atoms with Gasteiger partial charge in [0.05, 0.1) is 5.25 Å². The predicted molar refractivity (Wildman–Crippen MR) is 76.5 cm³/mol. The van der Waals surface area contributed by atoms with Crippen LogP contribution in [0, 0.1) is 0 Å². The third kappa shape index (κ3) is 4.23. The Bertz CT molecular complexity index is 468. The number of rotatable bonds is 3. The molecule has 0 fully saturated rings. The van der Waals surface area contributed by atoms with Gasteiger partial charge in [0, 0.05) is 22.1 Å². The van der Waals surface area contributed by atoms with Gasteiger partial charge in [-0.2, -0.15) is 0 Å². The maximum absolute atomic E-state index is 11.7. The molecule has 1 unspecified atom stereocenters. The van der Waals surface area contributed by atoms with E-state index >= 15 is 0 Å². The fourth-order valence-corrected chi connectivity index (χ4v) is 2.59. The second-order valence-electron chi connectivity index (χ2n) is 3.51. The molecule has 0 saturated heterocycles. The van der Waals surface area contributed by atoms with Gasteiger partial charge < -0.3 is 11.1 Å². The summed E-state index contributed by atoms with van der Waals surface area (Å²) in [6.45, 7) is 1.71. The van der Waals surface area contributed by atoms with Crippen LogP contribution in [0.2, 0.25) is 0 Å². The molecule has 0 bridgehead atoms. The number of benzene rings is 1. The zero-order chi connectivity index (χ0) is 13.7. The number of nitrogen functional groups attached to an aromatic ring is 1. The quantitative estimate of drug-likeness (QED) is 0.584. The SMILES string of the molecule is CNC(=O)NC(=O)C(C)Sc1cc(Br)ccc1N. The number of urea groups is 1. The van der Waals surface area contributed by atoms with Crippen LogP contribution < -0.4 is 16.4 Å². The third-order valence-corrected chi connectivity index (χ3v) is 3.78. The first-order chi connectivity index (χ1) is 8.43. The van der Waals surface area contributed by atoms with E-state index in [4.69, 9.17) is 5.73 Å². The number of amides is 3. The Labute approximate surface area is 118 Å². The van der Waals surface area contributed by atoms with E-state index < -0.39 is 11.3 Å². The summed E-state index contributed by atoms with van der Waals surface area (Å²) in [7, 11) is 1.45. The van der Waals surface area contributed by atoms with Crippen molar-refractivity contribution in [3.63, 3.8) is 0 Å². The summed E-state index contributed by atoms with van der Waals surface area (Å²) < 4.78 is 0.887. The highest BCUT2D eigenvalue weighted by atomic mass is 79.9. The van der Waals surface area contributed by atoms with E-state index in [1.807, 2.05) is 12.1 Å². The summed E-state index contributed by atoms with van der Waals surface area (Å²) in [5.41, 5.74) is 6.41. The van der Waals surface area contributed by atoms with Crippen molar-refractivity contribution in [3.05, 3.63) is 22.7 Å². The van der Waals surface area contributed by atoms with Crippen molar-refractivity contribution in [2.75, 3.05) is 12.8 Å². The van der Waals surface area contributed by atoms with Crippen molar-refractivity contribution < 1.29 is 9.59 Å². The number of hydrogen-bond donors (Lipinski definition) is 3. The van der Waals surface area contributed by atoms with Crippen LogP contribution in [0.25, 0.3) is 0 Å². The van der Waals surface area contributed by atoms with E-state index in [-0.39, 0.29) is 5.91 Å². The molecule has 1 aromatic rings. The first-order valence-electron chi connectivity index (χ1n) is 5.18. The largest absolute Gasteiger partial charge is 0.398 e. The van der Waals surface area contributed by atoms with Crippen LogP contribution in [0.3, 0.4) is 0 Å². The summed E-state index contributed by atoms with van der Waals surface area (Å²) in [5, 5.41) is 4.13. The number of halogens is 1. The molecule has 1 aromatic carbocycles. The zero-order valence-corrected chi connectivity index (χ0v) is 12.4. The Morgan fingerprint density at radius 3 is 2.72 bits per heavy atom. The molecule has 3 amide bonds. The lowest BCUT2D eigenvalue weighted by atomic mass is 10.3. The number of imide groups is 1.